The summed E-state index contributed by atoms with van der Waals surface area (Å²) in [4.78, 5) is 39.9. The summed E-state index contributed by atoms with van der Waals surface area (Å²) in [7, 11) is 1.86. The molecule has 1 aliphatic heterocycles. The Labute approximate surface area is 140 Å². The Morgan fingerprint density at radius 2 is 1.08 bits per heavy atom. The Morgan fingerprint density at radius 3 is 1.54 bits per heavy atom. The lowest BCUT2D eigenvalue weighted by Crippen LogP contribution is -2.48. The molecule has 1 rings (SSSR count). The van der Waals surface area contributed by atoms with Gasteiger partial charge in [0, 0.05) is 52.4 Å². The molecule has 10 nitrogen and oxygen atoms in total. The van der Waals surface area contributed by atoms with Crippen molar-refractivity contribution >= 4 is 18.0 Å². The van der Waals surface area contributed by atoms with Gasteiger partial charge in [0.05, 0.1) is 13.1 Å². The Hall–Kier alpha value is -1.91. The van der Waals surface area contributed by atoms with Gasteiger partial charge in [-0.15, -0.1) is 0 Å². The smallest absolute Gasteiger partial charge is 0.407 e. The van der Waals surface area contributed by atoms with Crippen LogP contribution in [0.2, 0.25) is 0 Å². The fraction of sp³-hybridized carbons (Fsp3) is 0.786. The van der Waals surface area contributed by atoms with Crippen molar-refractivity contribution in [2.24, 2.45) is 0 Å². The molecule has 0 aromatic heterocycles. The van der Waals surface area contributed by atoms with Crippen LogP contribution in [0.4, 0.5) is 4.79 Å². The van der Waals surface area contributed by atoms with Gasteiger partial charge in [-0.1, -0.05) is 0 Å². The number of carboxylic acids is 2. The molecule has 1 aliphatic rings. The number of rotatable bonds is 4. The molecule has 138 valence electrons. The second-order valence-corrected chi connectivity index (χ2v) is 5.91. The fourth-order valence-electron chi connectivity index (χ4n) is 2.49. The zero-order chi connectivity index (χ0) is 18.1. The molecule has 0 bridgehead atoms. The van der Waals surface area contributed by atoms with Gasteiger partial charge in [-0.2, -0.15) is 0 Å². The van der Waals surface area contributed by atoms with Crippen LogP contribution in [0.1, 0.15) is 0 Å². The van der Waals surface area contributed by atoms with E-state index >= 15 is 0 Å². The normalized spacial score (nSPS) is 20.1. The van der Waals surface area contributed by atoms with Crippen molar-refractivity contribution in [1.82, 2.24) is 19.6 Å². The van der Waals surface area contributed by atoms with Gasteiger partial charge in [-0.3, -0.25) is 19.4 Å². The lowest BCUT2D eigenvalue weighted by atomic mass is 10.3. The molecule has 0 atom stereocenters. The van der Waals surface area contributed by atoms with E-state index in [-0.39, 0.29) is 19.6 Å². The first-order valence-corrected chi connectivity index (χ1v) is 7.82. The maximum absolute atomic E-state index is 11.3. The Bertz CT molecular complexity index is 447. The molecule has 0 aromatic carbocycles. The van der Waals surface area contributed by atoms with Gasteiger partial charge in [-0.05, 0) is 7.05 Å². The SMILES string of the molecule is CN1CCN(CC(=O)O)CCN(CC(=O)O)CCN(C(=O)O)CC1. The van der Waals surface area contributed by atoms with E-state index in [2.05, 4.69) is 0 Å². The van der Waals surface area contributed by atoms with Crippen molar-refractivity contribution in [1.29, 1.82) is 0 Å². The molecule has 24 heavy (non-hydrogen) atoms. The minimum absolute atomic E-state index is 0.101. The van der Waals surface area contributed by atoms with E-state index in [1.54, 1.807) is 9.80 Å². The lowest BCUT2D eigenvalue weighted by Gasteiger charge is -2.31. The van der Waals surface area contributed by atoms with E-state index in [0.717, 1.165) is 0 Å². The number of amides is 1. The van der Waals surface area contributed by atoms with Crippen molar-refractivity contribution in [3.05, 3.63) is 0 Å². The average Bonchev–Trinajstić information content (AvgIpc) is 2.46. The third-order valence-electron chi connectivity index (χ3n) is 3.96. The van der Waals surface area contributed by atoms with Crippen molar-refractivity contribution in [2.75, 3.05) is 72.5 Å². The fourth-order valence-corrected chi connectivity index (χ4v) is 2.49. The highest BCUT2D eigenvalue weighted by Gasteiger charge is 2.19. The summed E-state index contributed by atoms with van der Waals surface area (Å²) in [5.41, 5.74) is 0. The second-order valence-electron chi connectivity index (χ2n) is 5.91. The van der Waals surface area contributed by atoms with Gasteiger partial charge in [0.2, 0.25) is 0 Å². The second kappa shape index (κ2) is 10.1. The third kappa shape index (κ3) is 8.09. The van der Waals surface area contributed by atoms with Crippen molar-refractivity contribution in [3.63, 3.8) is 0 Å². The monoisotopic (exact) mass is 346 g/mol. The quantitative estimate of drug-likeness (QED) is 0.568. The van der Waals surface area contributed by atoms with E-state index < -0.39 is 18.0 Å². The predicted octanol–water partition coefficient (Wildman–Crippen LogP) is -1.31. The van der Waals surface area contributed by atoms with Crippen LogP contribution < -0.4 is 0 Å². The number of hydrogen-bond donors (Lipinski definition) is 3. The number of carbonyl (C=O) groups is 3. The summed E-state index contributed by atoms with van der Waals surface area (Å²) >= 11 is 0. The van der Waals surface area contributed by atoms with E-state index in [1.165, 1.54) is 4.90 Å². The van der Waals surface area contributed by atoms with Gasteiger partial charge in [0.15, 0.2) is 0 Å². The van der Waals surface area contributed by atoms with Crippen LogP contribution in [-0.4, -0.2) is 125 Å². The summed E-state index contributed by atoms with van der Waals surface area (Å²) in [6, 6.07) is 0. The Morgan fingerprint density at radius 1 is 0.708 bits per heavy atom. The highest BCUT2D eigenvalue weighted by atomic mass is 16.4. The van der Waals surface area contributed by atoms with Gasteiger partial charge >= 0.3 is 18.0 Å². The van der Waals surface area contributed by atoms with Crippen molar-refractivity contribution < 1.29 is 29.7 Å². The van der Waals surface area contributed by atoms with Crippen LogP contribution in [0.5, 0.6) is 0 Å². The topological polar surface area (TPSA) is 125 Å². The van der Waals surface area contributed by atoms with Gasteiger partial charge in [0.25, 0.3) is 0 Å². The Kier molecular flexibility index (Phi) is 8.44. The molecule has 0 spiro atoms. The van der Waals surface area contributed by atoms with Crippen LogP contribution in [-0.2, 0) is 9.59 Å². The summed E-state index contributed by atoms with van der Waals surface area (Å²) in [5, 5.41) is 27.2. The molecule has 0 unspecified atom stereocenters. The van der Waals surface area contributed by atoms with E-state index in [9.17, 15) is 19.5 Å². The van der Waals surface area contributed by atoms with Crippen LogP contribution in [0.25, 0.3) is 0 Å². The third-order valence-corrected chi connectivity index (χ3v) is 3.96. The van der Waals surface area contributed by atoms with Crippen LogP contribution in [0.15, 0.2) is 0 Å². The molecule has 0 saturated carbocycles. The zero-order valence-electron chi connectivity index (χ0n) is 13.9. The maximum atomic E-state index is 11.3. The highest BCUT2D eigenvalue weighted by molar-refractivity contribution is 5.69. The largest absolute Gasteiger partial charge is 0.480 e. The molecular formula is C14H26N4O6. The van der Waals surface area contributed by atoms with Crippen LogP contribution >= 0.6 is 0 Å². The molecule has 1 saturated heterocycles. The van der Waals surface area contributed by atoms with Crippen molar-refractivity contribution in [2.45, 2.75) is 0 Å². The summed E-state index contributed by atoms with van der Waals surface area (Å²) in [6.45, 7) is 2.99. The van der Waals surface area contributed by atoms with Crippen LogP contribution in [0.3, 0.4) is 0 Å². The number of nitrogens with zero attached hydrogens (tertiary/aromatic N) is 4. The zero-order valence-corrected chi connectivity index (χ0v) is 13.9. The molecule has 0 aliphatic carbocycles. The number of hydrogen-bond acceptors (Lipinski definition) is 6. The molecule has 0 aromatic rings. The van der Waals surface area contributed by atoms with E-state index in [0.29, 0.717) is 45.8 Å². The molecule has 1 amide bonds. The standard InChI is InChI=1S/C14H26N4O6/c1-15-2-4-16(10-12(19)20)5-6-17(11-13(21)22)7-9-18(8-3-15)14(23)24/h2-11H2,1H3,(H,19,20)(H,21,22)(H,23,24). The van der Waals surface area contributed by atoms with Crippen LogP contribution in [0, 0.1) is 0 Å². The van der Waals surface area contributed by atoms with E-state index in [1.807, 2.05) is 11.9 Å². The maximum Gasteiger partial charge on any atom is 0.407 e. The molecule has 0 radical (unpaired) electrons. The van der Waals surface area contributed by atoms with Crippen molar-refractivity contribution in [3.8, 4) is 0 Å². The number of likely N-dealkylation sites (N-methyl/N-ethyl adjacent to an activating group) is 1. The van der Waals surface area contributed by atoms with Gasteiger partial charge in [0.1, 0.15) is 0 Å². The predicted molar refractivity (Wildman–Crippen MR) is 85.2 cm³/mol. The van der Waals surface area contributed by atoms with Gasteiger partial charge < -0.3 is 25.1 Å². The summed E-state index contributed by atoms with van der Waals surface area (Å²) in [5.74, 6) is -1.92. The van der Waals surface area contributed by atoms with E-state index in [4.69, 9.17) is 10.2 Å². The summed E-state index contributed by atoms with van der Waals surface area (Å²) < 4.78 is 0. The lowest BCUT2D eigenvalue weighted by molar-refractivity contribution is -0.140. The molecular weight excluding hydrogens is 320 g/mol. The molecule has 1 heterocycles. The van der Waals surface area contributed by atoms with Gasteiger partial charge in [-0.25, -0.2) is 4.79 Å². The first-order chi connectivity index (χ1) is 11.3. The number of aliphatic carboxylic acids is 2. The number of carboxylic acid groups (broad SMARTS) is 3. The first-order valence-electron chi connectivity index (χ1n) is 7.82. The molecule has 3 N–H and O–H groups in total. The highest BCUT2D eigenvalue weighted by Crippen LogP contribution is 2.00. The minimum atomic E-state index is -1.02. The average molecular weight is 346 g/mol. The molecule has 10 heteroatoms. The first kappa shape index (κ1) is 20.1. The Balaban J connectivity index is 2.77. The molecule has 1 fully saturated rings. The minimum Gasteiger partial charge on any atom is -0.480 e. The summed E-state index contributed by atoms with van der Waals surface area (Å²) in [6.07, 6.45) is -1.02.